The quantitative estimate of drug-likeness (QED) is 0.441. The number of hydrogen-bond donors (Lipinski definition) is 0. The van der Waals surface area contributed by atoms with E-state index < -0.39 is 5.82 Å². The van der Waals surface area contributed by atoms with Crippen LogP contribution in [0.3, 0.4) is 0 Å². The summed E-state index contributed by atoms with van der Waals surface area (Å²) in [7, 11) is 0. The van der Waals surface area contributed by atoms with Gasteiger partial charge < -0.3 is 4.74 Å². The Hall–Kier alpha value is -2.47. The van der Waals surface area contributed by atoms with Crippen LogP contribution in [-0.2, 0) is 0 Å². The Labute approximate surface area is 141 Å². The molecule has 4 heteroatoms. The first-order valence-electron chi connectivity index (χ1n) is 7.28. The van der Waals surface area contributed by atoms with Gasteiger partial charge in [0, 0.05) is 11.1 Å². The first-order chi connectivity index (χ1) is 11.1. The van der Waals surface area contributed by atoms with Crippen LogP contribution < -0.4 is 4.74 Å². The van der Waals surface area contributed by atoms with Gasteiger partial charge in [-0.05, 0) is 68.0 Å². The van der Waals surface area contributed by atoms with Gasteiger partial charge in [0.05, 0.1) is 11.3 Å². The summed E-state index contributed by atoms with van der Waals surface area (Å²) in [6.45, 7) is 4.10. The Morgan fingerprint density at radius 3 is 2.39 bits per heavy atom. The smallest absolute Gasteiger partial charge is 0.150 e. The minimum absolute atomic E-state index is 0.164. The number of hydrogen-bond acceptors (Lipinski definition) is 3. The highest BCUT2D eigenvalue weighted by molar-refractivity contribution is 7.78. The highest BCUT2D eigenvalue weighted by Gasteiger charge is 2.01. The van der Waals surface area contributed by atoms with Crippen molar-refractivity contribution in [3.63, 3.8) is 0 Å². The van der Waals surface area contributed by atoms with E-state index in [2.05, 4.69) is 41.1 Å². The summed E-state index contributed by atoms with van der Waals surface area (Å²) in [5, 5.41) is 2.15. The van der Waals surface area contributed by atoms with Crippen molar-refractivity contribution in [1.29, 1.82) is 0 Å². The first kappa shape index (κ1) is 16.9. The van der Waals surface area contributed by atoms with E-state index in [-0.39, 0.29) is 11.8 Å². The van der Waals surface area contributed by atoms with Crippen molar-refractivity contribution in [3.05, 3.63) is 59.4 Å². The number of halogens is 1. The predicted molar refractivity (Wildman–Crippen MR) is 93.9 cm³/mol. The van der Waals surface area contributed by atoms with Crippen molar-refractivity contribution in [2.24, 2.45) is 4.99 Å². The zero-order valence-corrected chi connectivity index (χ0v) is 13.8. The molecular formula is C19H16FNOS. The van der Waals surface area contributed by atoms with E-state index in [9.17, 15) is 4.39 Å². The number of ether oxygens (including phenoxy) is 1. The van der Waals surface area contributed by atoms with Crippen LogP contribution in [0.25, 0.3) is 0 Å². The molecule has 0 saturated carbocycles. The fourth-order valence-corrected chi connectivity index (χ4v) is 1.90. The molecular weight excluding hydrogens is 309 g/mol. The van der Waals surface area contributed by atoms with Crippen LogP contribution in [0, 0.1) is 17.7 Å². The third-order valence-electron chi connectivity index (χ3n) is 3.23. The second kappa shape index (κ2) is 8.24. The maximum absolute atomic E-state index is 13.7. The van der Waals surface area contributed by atoms with Crippen molar-refractivity contribution in [1.82, 2.24) is 0 Å². The summed E-state index contributed by atoms with van der Waals surface area (Å²) in [6.07, 6.45) is 1.14. The molecule has 0 heterocycles. The maximum Gasteiger partial charge on any atom is 0.150 e. The molecule has 1 unspecified atom stereocenters. The molecule has 0 saturated heterocycles. The Balaban J connectivity index is 2.12. The Kier molecular flexibility index (Phi) is 6.05. The van der Waals surface area contributed by atoms with Gasteiger partial charge in [0.15, 0.2) is 5.82 Å². The standard InChI is InChI=1S/C19H16FNOS/c1-3-14(2)22-17-9-6-15(7-10-17)4-5-16-8-11-19(21-13-23)18(20)12-16/h6-12,14H,3H2,1-2H3. The van der Waals surface area contributed by atoms with E-state index in [0.29, 0.717) is 5.56 Å². The summed E-state index contributed by atoms with van der Waals surface area (Å²) in [4.78, 5) is 3.63. The van der Waals surface area contributed by atoms with Crippen molar-refractivity contribution in [2.45, 2.75) is 26.4 Å². The van der Waals surface area contributed by atoms with E-state index in [4.69, 9.17) is 4.74 Å². The molecule has 0 aliphatic rings. The van der Waals surface area contributed by atoms with Crippen LogP contribution in [0.5, 0.6) is 5.75 Å². The van der Waals surface area contributed by atoms with Gasteiger partial charge in [-0.2, -0.15) is 4.99 Å². The van der Waals surface area contributed by atoms with Crippen LogP contribution in [0.2, 0.25) is 0 Å². The highest BCUT2D eigenvalue weighted by atomic mass is 32.1. The summed E-state index contributed by atoms with van der Waals surface area (Å²) in [5.74, 6) is 6.27. The van der Waals surface area contributed by atoms with Crippen molar-refractivity contribution < 1.29 is 9.13 Å². The molecule has 2 aromatic carbocycles. The minimum atomic E-state index is -0.466. The van der Waals surface area contributed by atoms with Crippen LogP contribution in [0.4, 0.5) is 10.1 Å². The van der Waals surface area contributed by atoms with Gasteiger partial charge in [-0.15, -0.1) is 0 Å². The molecule has 0 spiro atoms. The molecule has 0 N–H and O–H groups in total. The van der Waals surface area contributed by atoms with Crippen LogP contribution in [0.1, 0.15) is 31.4 Å². The molecule has 23 heavy (non-hydrogen) atoms. The fraction of sp³-hybridized carbons (Fsp3) is 0.211. The second-order valence-corrected chi connectivity index (χ2v) is 5.16. The van der Waals surface area contributed by atoms with Gasteiger partial charge >= 0.3 is 0 Å². The topological polar surface area (TPSA) is 21.6 Å². The summed E-state index contributed by atoms with van der Waals surface area (Å²) < 4.78 is 19.4. The molecule has 2 nitrogen and oxygen atoms in total. The SMILES string of the molecule is CCC(C)Oc1ccc(C#Cc2ccc(N=C=S)c(F)c2)cc1. The zero-order valence-electron chi connectivity index (χ0n) is 13.0. The summed E-state index contributed by atoms with van der Waals surface area (Å²) in [6, 6.07) is 12.1. The Bertz CT molecular complexity index is 783. The normalized spacial score (nSPS) is 10.9. The van der Waals surface area contributed by atoms with E-state index in [1.807, 2.05) is 31.2 Å². The van der Waals surface area contributed by atoms with E-state index in [1.54, 1.807) is 6.07 Å². The number of rotatable bonds is 4. The highest BCUT2D eigenvalue weighted by Crippen LogP contribution is 2.18. The third kappa shape index (κ3) is 5.03. The number of benzene rings is 2. The van der Waals surface area contributed by atoms with E-state index in [1.165, 1.54) is 12.1 Å². The molecule has 0 bridgehead atoms. The second-order valence-electron chi connectivity index (χ2n) is 4.98. The van der Waals surface area contributed by atoms with Gasteiger partial charge in [0.1, 0.15) is 11.4 Å². The lowest BCUT2D eigenvalue weighted by Crippen LogP contribution is -2.09. The van der Waals surface area contributed by atoms with Gasteiger partial charge in [-0.1, -0.05) is 18.8 Å². The predicted octanol–water partition coefficient (Wildman–Crippen LogP) is 5.14. The largest absolute Gasteiger partial charge is 0.491 e. The Morgan fingerprint density at radius 2 is 1.78 bits per heavy atom. The van der Waals surface area contributed by atoms with Crippen molar-refractivity contribution >= 4 is 23.1 Å². The third-order valence-corrected chi connectivity index (χ3v) is 3.32. The van der Waals surface area contributed by atoms with Gasteiger partial charge in [-0.3, -0.25) is 0 Å². The van der Waals surface area contributed by atoms with Crippen LogP contribution in [0.15, 0.2) is 47.5 Å². The maximum atomic E-state index is 13.7. The lowest BCUT2D eigenvalue weighted by molar-refractivity contribution is 0.217. The van der Waals surface area contributed by atoms with Crippen molar-refractivity contribution in [2.75, 3.05) is 0 Å². The first-order valence-corrected chi connectivity index (χ1v) is 7.69. The van der Waals surface area contributed by atoms with Crippen molar-refractivity contribution in [3.8, 4) is 17.6 Å². The molecule has 0 aromatic heterocycles. The van der Waals surface area contributed by atoms with Crippen LogP contribution in [-0.4, -0.2) is 11.3 Å². The average molecular weight is 325 g/mol. The molecule has 2 rings (SSSR count). The number of thiocarbonyl (C=S) groups is 1. The van der Waals surface area contributed by atoms with Gasteiger partial charge in [0.25, 0.3) is 0 Å². The molecule has 1 atom stereocenters. The minimum Gasteiger partial charge on any atom is -0.491 e. The zero-order chi connectivity index (χ0) is 16.7. The van der Waals surface area contributed by atoms with E-state index >= 15 is 0 Å². The molecule has 0 aliphatic heterocycles. The van der Waals surface area contributed by atoms with Gasteiger partial charge in [-0.25, -0.2) is 4.39 Å². The fourth-order valence-electron chi connectivity index (χ4n) is 1.80. The number of isothiocyanates is 1. The van der Waals surface area contributed by atoms with E-state index in [0.717, 1.165) is 17.7 Å². The number of aliphatic imine (C=N–C) groups is 1. The average Bonchev–Trinajstić information content (AvgIpc) is 2.56. The monoisotopic (exact) mass is 325 g/mol. The molecule has 0 fully saturated rings. The summed E-state index contributed by atoms with van der Waals surface area (Å²) in [5.41, 5.74) is 1.57. The van der Waals surface area contributed by atoms with Gasteiger partial charge in [0.2, 0.25) is 0 Å². The Morgan fingerprint density at radius 1 is 1.13 bits per heavy atom. The molecule has 0 amide bonds. The van der Waals surface area contributed by atoms with Crippen LogP contribution >= 0.6 is 12.2 Å². The lowest BCUT2D eigenvalue weighted by Gasteiger charge is -2.11. The molecule has 0 radical (unpaired) electrons. The molecule has 0 aliphatic carbocycles. The molecule has 2 aromatic rings. The summed E-state index contributed by atoms with van der Waals surface area (Å²) >= 11 is 4.46. The number of nitrogens with zero attached hydrogens (tertiary/aromatic N) is 1. The molecule has 116 valence electrons. The lowest BCUT2D eigenvalue weighted by atomic mass is 10.1.